The highest BCUT2D eigenvalue weighted by atomic mass is 16.1. The van der Waals surface area contributed by atoms with Gasteiger partial charge in [0.15, 0.2) is 0 Å². The molecule has 0 aromatic heterocycles. The largest absolute Gasteiger partial charge is 0.299 e. The number of carbonyl (C=O) groups excluding carboxylic acids is 1. The van der Waals surface area contributed by atoms with Crippen molar-refractivity contribution in [1.29, 1.82) is 0 Å². The highest BCUT2D eigenvalue weighted by Gasteiger charge is 2.13. The van der Waals surface area contributed by atoms with Crippen LogP contribution in [0.15, 0.2) is 24.3 Å². The molecule has 1 nitrogen and oxygen atoms in total. The quantitative estimate of drug-likeness (QED) is 0.587. The Morgan fingerprint density at radius 2 is 1.83 bits per heavy atom. The van der Waals surface area contributed by atoms with E-state index in [9.17, 15) is 4.79 Å². The van der Waals surface area contributed by atoms with Crippen LogP contribution in [-0.2, 0) is 4.79 Å². The summed E-state index contributed by atoms with van der Waals surface area (Å²) in [7, 11) is 0. The lowest BCUT2D eigenvalue weighted by molar-refractivity contribution is -0.120. The van der Waals surface area contributed by atoms with Gasteiger partial charge in [0.05, 0.1) is 0 Å². The molecular formula is C11H18O. The number of Topliss-reactive ketones (excluding diaryl/α,β-unsaturated/α-hetero) is 1. The Balaban J connectivity index is 4.33. The monoisotopic (exact) mass is 166 g/mol. The molecule has 0 N–H and O–H groups in total. The molecule has 0 aromatic rings. The van der Waals surface area contributed by atoms with Gasteiger partial charge in [0.1, 0.15) is 5.78 Å². The van der Waals surface area contributed by atoms with Crippen LogP contribution in [0, 0.1) is 11.8 Å². The topological polar surface area (TPSA) is 17.1 Å². The van der Waals surface area contributed by atoms with Crippen LogP contribution in [0.5, 0.6) is 0 Å². The first kappa shape index (κ1) is 11.2. The summed E-state index contributed by atoms with van der Waals surface area (Å²) in [6.45, 7) is 11.4. The van der Waals surface area contributed by atoms with Crippen molar-refractivity contribution in [3.8, 4) is 0 Å². The van der Waals surface area contributed by atoms with E-state index in [2.05, 4.69) is 20.4 Å². The molecule has 0 saturated carbocycles. The SMILES string of the molecule is C=C(C)/C=C/C(C(C)=O)C(C)C. The molecule has 68 valence electrons. The number of ketones is 1. The Hall–Kier alpha value is -0.850. The minimum absolute atomic E-state index is 0.0432. The van der Waals surface area contributed by atoms with Gasteiger partial charge in [-0.2, -0.15) is 0 Å². The lowest BCUT2D eigenvalue weighted by atomic mass is 9.91. The first-order valence-corrected chi connectivity index (χ1v) is 4.29. The van der Waals surface area contributed by atoms with E-state index in [1.165, 1.54) is 0 Å². The van der Waals surface area contributed by atoms with Crippen LogP contribution >= 0.6 is 0 Å². The Kier molecular flexibility index (Phi) is 4.57. The summed E-state index contributed by atoms with van der Waals surface area (Å²) in [5, 5.41) is 0. The molecule has 0 bridgehead atoms. The molecule has 0 amide bonds. The maximum absolute atomic E-state index is 11.1. The van der Waals surface area contributed by atoms with Gasteiger partial charge >= 0.3 is 0 Å². The summed E-state index contributed by atoms with van der Waals surface area (Å²) < 4.78 is 0. The van der Waals surface area contributed by atoms with Gasteiger partial charge in [-0.05, 0) is 19.8 Å². The zero-order valence-corrected chi connectivity index (χ0v) is 8.42. The molecule has 0 fully saturated rings. The predicted molar refractivity (Wildman–Crippen MR) is 53.0 cm³/mol. The van der Waals surface area contributed by atoms with Crippen LogP contribution < -0.4 is 0 Å². The molecule has 0 rings (SSSR count). The molecule has 0 aliphatic carbocycles. The second-order valence-corrected chi connectivity index (χ2v) is 3.59. The van der Waals surface area contributed by atoms with Crippen molar-refractivity contribution in [3.63, 3.8) is 0 Å². The van der Waals surface area contributed by atoms with E-state index in [4.69, 9.17) is 0 Å². The molecule has 1 unspecified atom stereocenters. The minimum atomic E-state index is 0.0432. The fraction of sp³-hybridized carbons (Fsp3) is 0.545. The normalized spacial score (nSPS) is 13.8. The molecule has 0 aromatic carbocycles. The molecule has 1 atom stereocenters. The first-order valence-electron chi connectivity index (χ1n) is 4.29. The summed E-state index contributed by atoms with van der Waals surface area (Å²) in [6, 6.07) is 0. The van der Waals surface area contributed by atoms with Crippen LogP contribution in [-0.4, -0.2) is 5.78 Å². The average Bonchev–Trinajstić information content (AvgIpc) is 1.84. The molecule has 0 radical (unpaired) electrons. The van der Waals surface area contributed by atoms with Gasteiger partial charge in [-0.3, -0.25) is 4.79 Å². The molecule has 0 aliphatic rings. The second-order valence-electron chi connectivity index (χ2n) is 3.59. The zero-order chi connectivity index (χ0) is 9.72. The van der Waals surface area contributed by atoms with Gasteiger partial charge in [-0.25, -0.2) is 0 Å². The molecule has 0 saturated heterocycles. The highest BCUT2D eigenvalue weighted by molar-refractivity contribution is 5.80. The lowest BCUT2D eigenvalue weighted by Crippen LogP contribution is -2.14. The van der Waals surface area contributed by atoms with Crippen LogP contribution in [0.3, 0.4) is 0 Å². The summed E-state index contributed by atoms with van der Waals surface area (Å²) >= 11 is 0. The summed E-state index contributed by atoms with van der Waals surface area (Å²) in [5.41, 5.74) is 0.988. The zero-order valence-electron chi connectivity index (χ0n) is 8.42. The van der Waals surface area contributed by atoms with Crippen molar-refractivity contribution in [2.45, 2.75) is 27.7 Å². The fourth-order valence-electron chi connectivity index (χ4n) is 1.10. The maximum atomic E-state index is 11.1. The number of hydrogen-bond donors (Lipinski definition) is 0. The van der Waals surface area contributed by atoms with Crippen LogP contribution in [0.25, 0.3) is 0 Å². The fourth-order valence-corrected chi connectivity index (χ4v) is 1.10. The summed E-state index contributed by atoms with van der Waals surface area (Å²) in [5.74, 6) is 0.641. The standard InChI is InChI=1S/C11H18O/c1-8(2)6-7-11(9(3)4)10(5)12/h6-7,9,11H,1H2,2-5H3/b7-6+. The smallest absolute Gasteiger partial charge is 0.136 e. The van der Waals surface area contributed by atoms with Crippen molar-refractivity contribution in [2.75, 3.05) is 0 Å². The molecule has 12 heavy (non-hydrogen) atoms. The van der Waals surface area contributed by atoms with Crippen LogP contribution in [0.1, 0.15) is 27.7 Å². The number of carbonyl (C=O) groups is 1. The predicted octanol–water partition coefficient (Wildman–Crippen LogP) is 2.98. The van der Waals surface area contributed by atoms with E-state index in [1.54, 1.807) is 6.92 Å². The number of hydrogen-bond acceptors (Lipinski definition) is 1. The van der Waals surface area contributed by atoms with Crippen molar-refractivity contribution < 1.29 is 4.79 Å². The van der Waals surface area contributed by atoms with Crippen LogP contribution in [0.2, 0.25) is 0 Å². The van der Waals surface area contributed by atoms with Crippen molar-refractivity contribution in [3.05, 3.63) is 24.3 Å². The van der Waals surface area contributed by atoms with E-state index in [0.29, 0.717) is 5.92 Å². The molecule has 0 aliphatic heterocycles. The average molecular weight is 166 g/mol. The van der Waals surface area contributed by atoms with Gasteiger partial charge in [-0.1, -0.05) is 38.2 Å². The Morgan fingerprint density at radius 1 is 1.33 bits per heavy atom. The second kappa shape index (κ2) is 4.91. The van der Waals surface area contributed by atoms with Gasteiger partial charge in [0, 0.05) is 5.92 Å². The number of rotatable bonds is 4. The van der Waals surface area contributed by atoms with Gasteiger partial charge in [0.25, 0.3) is 0 Å². The van der Waals surface area contributed by atoms with Crippen molar-refractivity contribution >= 4 is 5.78 Å². The van der Waals surface area contributed by atoms with Crippen molar-refractivity contribution in [1.82, 2.24) is 0 Å². The van der Waals surface area contributed by atoms with Gasteiger partial charge in [-0.15, -0.1) is 0 Å². The van der Waals surface area contributed by atoms with Crippen LogP contribution in [0.4, 0.5) is 0 Å². The molecule has 0 spiro atoms. The maximum Gasteiger partial charge on any atom is 0.136 e. The Morgan fingerprint density at radius 3 is 2.08 bits per heavy atom. The van der Waals surface area contributed by atoms with E-state index < -0.39 is 0 Å². The number of allylic oxidation sites excluding steroid dienone is 3. The summed E-state index contributed by atoms with van der Waals surface area (Å²) in [4.78, 5) is 11.1. The highest BCUT2D eigenvalue weighted by Crippen LogP contribution is 2.14. The molecule has 1 heteroatoms. The lowest BCUT2D eigenvalue weighted by Gasteiger charge is -2.12. The molecule has 0 heterocycles. The minimum Gasteiger partial charge on any atom is -0.299 e. The van der Waals surface area contributed by atoms with Crippen molar-refractivity contribution in [2.24, 2.45) is 11.8 Å². The first-order chi connectivity index (χ1) is 5.45. The Bertz CT molecular complexity index is 199. The molecular weight excluding hydrogens is 148 g/mol. The third kappa shape index (κ3) is 4.12. The summed E-state index contributed by atoms with van der Waals surface area (Å²) in [6.07, 6.45) is 3.85. The van der Waals surface area contributed by atoms with E-state index >= 15 is 0 Å². The van der Waals surface area contributed by atoms with Gasteiger partial charge < -0.3 is 0 Å². The van der Waals surface area contributed by atoms with E-state index in [1.807, 2.05) is 19.1 Å². The van der Waals surface area contributed by atoms with E-state index in [-0.39, 0.29) is 11.7 Å². The Labute approximate surface area is 75.2 Å². The van der Waals surface area contributed by atoms with Gasteiger partial charge in [0.2, 0.25) is 0 Å². The van der Waals surface area contributed by atoms with E-state index in [0.717, 1.165) is 5.57 Å². The third-order valence-corrected chi connectivity index (χ3v) is 1.78. The third-order valence-electron chi connectivity index (χ3n) is 1.78.